The van der Waals surface area contributed by atoms with E-state index in [0.717, 1.165) is 34.0 Å². The molecule has 0 spiro atoms. The molecule has 0 atom stereocenters. The zero-order valence-electron chi connectivity index (χ0n) is 15.0. The number of para-hydroxylation sites is 2. The summed E-state index contributed by atoms with van der Waals surface area (Å²) in [5, 5.41) is 0. The molecule has 0 bridgehead atoms. The van der Waals surface area contributed by atoms with Crippen molar-refractivity contribution in [1.29, 1.82) is 0 Å². The van der Waals surface area contributed by atoms with Gasteiger partial charge < -0.3 is 0 Å². The Morgan fingerprint density at radius 3 is 2.58 bits per heavy atom. The molecule has 0 aliphatic rings. The highest BCUT2D eigenvalue weighted by Gasteiger charge is 2.24. The van der Waals surface area contributed by atoms with Gasteiger partial charge in [-0.2, -0.15) is 14.1 Å². The number of rotatable bonds is 2. The molecule has 0 saturated heterocycles. The van der Waals surface area contributed by atoms with Crippen molar-refractivity contribution in [3.8, 4) is 17.2 Å². The van der Waals surface area contributed by atoms with Gasteiger partial charge in [0.2, 0.25) is 5.69 Å². The molecule has 1 aromatic carbocycles. The first-order chi connectivity index (χ1) is 12.6. The lowest BCUT2D eigenvalue weighted by Crippen LogP contribution is -2.41. The molecule has 0 radical (unpaired) electrons. The third-order valence-electron chi connectivity index (χ3n) is 5.06. The molecule has 5 aromatic rings. The minimum atomic E-state index is 0.932. The van der Waals surface area contributed by atoms with E-state index in [2.05, 4.69) is 86.9 Å². The molecule has 0 saturated carbocycles. The fourth-order valence-corrected chi connectivity index (χ4v) is 3.65. The maximum Gasteiger partial charge on any atom is 0.325 e. The summed E-state index contributed by atoms with van der Waals surface area (Å²) in [6.07, 6.45) is 6.30. The summed E-state index contributed by atoms with van der Waals surface area (Å²) >= 11 is 0. The summed E-state index contributed by atoms with van der Waals surface area (Å²) in [5.41, 5.74) is 4.45. The highest BCUT2D eigenvalue weighted by Crippen LogP contribution is 2.19. The van der Waals surface area contributed by atoms with Crippen LogP contribution in [0.25, 0.3) is 34.0 Å². The van der Waals surface area contributed by atoms with E-state index in [1.54, 1.807) is 0 Å². The first kappa shape index (κ1) is 14.9. The van der Waals surface area contributed by atoms with Gasteiger partial charge in [-0.15, -0.1) is 4.68 Å². The minimum Gasteiger partial charge on any atom is -0.257 e. The van der Waals surface area contributed by atoms with Gasteiger partial charge >= 0.3 is 11.6 Å². The van der Waals surface area contributed by atoms with Gasteiger partial charge in [-0.05, 0) is 18.2 Å². The molecule has 6 nitrogen and oxygen atoms in total. The maximum atomic E-state index is 4.77. The SMILES string of the molecule is Cn1c(-[n+]2ccc(-c3cccc[n+]3C)n2C)cn2c3ccccc3nc12. The van der Waals surface area contributed by atoms with Crippen molar-refractivity contribution in [2.75, 3.05) is 0 Å². The topological polar surface area (TPSA) is 34.9 Å². The van der Waals surface area contributed by atoms with Gasteiger partial charge in [0.25, 0.3) is 0 Å². The average Bonchev–Trinajstić information content (AvgIpc) is 3.29. The highest BCUT2D eigenvalue weighted by molar-refractivity contribution is 5.79. The summed E-state index contributed by atoms with van der Waals surface area (Å²) in [7, 11) is 6.20. The van der Waals surface area contributed by atoms with Crippen LogP contribution in [0.3, 0.4) is 0 Å². The Morgan fingerprint density at radius 1 is 0.923 bits per heavy atom. The zero-order chi connectivity index (χ0) is 17.8. The van der Waals surface area contributed by atoms with Crippen LogP contribution in [-0.2, 0) is 21.1 Å². The third-order valence-corrected chi connectivity index (χ3v) is 5.06. The molecule has 0 unspecified atom stereocenters. The number of hydrogen-bond donors (Lipinski definition) is 0. The Kier molecular flexibility index (Phi) is 3.03. The largest absolute Gasteiger partial charge is 0.325 e. The Bertz CT molecular complexity index is 1270. The van der Waals surface area contributed by atoms with E-state index >= 15 is 0 Å². The average molecular weight is 344 g/mol. The molecule has 5 rings (SSSR count). The molecular weight excluding hydrogens is 324 g/mol. The van der Waals surface area contributed by atoms with Gasteiger partial charge in [0, 0.05) is 25.2 Å². The van der Waals surface area contributed by atoms with Crippen LogP contribution in [0.1, 0.15) is 0 Å². The second-order valence-corrected chi connectivity index (χ2v) is 6.58. The quantitative estimate of drug-likeness (QED) is 0.451. The smallest absolute Gasteiger partial charge is 0.257 e. The number of aromatic nitrogens is 6. The number of pyridine rings is 1. The zero-order valence-corrected chi connectivity index (χ0v) is 15.0. The van der Waals surface area contributed by atoms with Gasteiger partial charge in [0.05, 0.1) is 18.1 Å². The number of fused-ring (bicyclic) bond motifs is 3. The van der Waals surface area contributed by atoms with Gasteiger partial charge in [-0.1, -0.05) is 12.1 Å². The lowest BCUT2D eigenvalue weighted by Gasteiger charge is -2.03. The van der Waals surface area contributed by atoms with Gasteiger partial charge in [-0.25, -0.2) is 4.68 Å². The third kappa shape index (κ3) is 1.95. The number of benzene rings is 1. The maximum absolute atomic E-state index is 4.77. The summed E-state index contributed by atoms with van der Waals surface area (Å²) in [6, 6.07) is 16.6. The van der Waals surface area contributed by atoms with Crippen molar-refractivity contribution in [2.45, 2.75) is 0 Å². The molecule has 0 aliphatic heterocycles. The van der Waals surface area contributed by atoms with Gasteiger partial charge in [0.15, 0.2) is 11.9 Å². The van der Waals surface area contributed by atoms with Crippen LogP contribution in [0.2, 0.25) is 0 Å². The highest BCUT2D eigenvalue weighted by atomic mass is 15.4. The van der Waals surface area contributed by atoms with Crippen LogP contribution in [0.15, 0.2) is 67.1 Å². The molecular formula is C20H20N6+2. The first-order valence-corrected chi connectivity index (χ1v) is 8.61. The molecule has 4 heterocycles. The van der Waals surface area contributed by atoms with Crippen LogP contribution in [0.5, 0.6) is 0 Å². The predicted molar refractivity (Wildman–Crippen MR) is 98.8 cm³/mol. The standard InChI is InChI=1S/C20H20N6/c1-22-12-7-6-10-17(22)18-11-13-26(24(18)3)19-14-25-16-9-5-4-8-15(16)21-20(25)23(19)2/h4-14H,1-3H3/q+2. The van der Waals surface area contributed by atoms with Gasteiger partial charge in [0.1, 0.15) is 19.4 Å². The van der Waals surface area contributed by atoms with E-state index in [9.17, 15) is 0 Å². The van der Waals surface area contributed by atoms with E-state index < -0.39 is 0 Å². The monoisotopic (exact) mass is 344 g/mol. The molecule has 4 aromatic heterocycles. The minimum absolute atomic E-state index is 0.932. The molecule has 128 valence electrons. The van der Waals surface area contributed by atoms with E-state index in [0.29, 0.717) is 0 Å². The van der Waals surface area contributed by atoms with Crippen molar-refractivity contribution in [3.63, 3.8) is 0 Å². The Hall–Kier alpha value is -3.41. The van der Waals surface area contributed by atoms with Crippen LogP contribution >= 0.6 is 0 Å². The van der Waals surface area contributed by atoms with E-state index in [1.807, 2.05) is 24.3 Å². The van der Waals surface area contributed by atoms with E-state index in [4.69, 9.17) is 4.98 Å². The predicted octanol–water partition coefficient (Wildman–Crippen LogP) is 1.93. The second-order valence-electron chi connectivity index (χ2n) is 6.58. The molecule has 6 heteroatoms. The summed E-state index contributed by atoms with van der Waals surface area (Å²) in [6.45, 7) is 0. The fraction of sp³-hybridized carbons (Fsp3) is 0.150. The lowest BCUT2D eigenvalue weighted by atomic mass is 10.2. The number of nitrogens with zero attached hydrogens (tertiary/aromatic N) is 6. The normalized spacial score (nSPS) is 11.7. The molecule has 0 amide bonds. The molecule has 26 heavy (non-hydrogen) atoms. The van der Waals surface area contributed by atoms with E-state index in [1.165, 1.54) is 0 Å². The fourth-order valence-electron chi connectivity index (χ4n) is 3.65. The number of hydrogen-bond acceptors (Lipinski definition) is 1. The molecule has 0 fully saturated rings. The summed E-state index contributed by atoms with van der Waals surface area (Å²) in [5.74, 6) is 1.99. The van der Waals surface area contributed by atoms with Crippen molar-refractivity contribution < 1.29 is 9.25 Å². The van der Waals surface area contributed by atoms with Crippen molar-refractivity contribution >= 4 is 16.8 Å². The number of imidazole rings is 2. The van der Waals surface area contributed by atoms with Crippen molar-refractivity contribution in [3.05, 3.63) is 67.1 Å². The Morgan fingerprint density at radius 2 is 1.73 bits per heavy atom. The van der Waals surface area contributed by atoms with Crippen LogP contribution < -0.4 is 9.25 Å². The van der Waals surface area contributed by atoms with Crippen molar-refractivity contribution in [1.82, 2.24) is 18.6 Å². The van der Waals surface area contributed by atoms with E-state index in [-0.39, 0.29) is 0 Å². The lowest BCUT2D eigenvalue weighted by molar-refractivity contribution is -0.688. The molecule has 0 aliphatic carbocycles. The second kappa shape index (κ2) is 5.29. The summed E-state index contributed by atoms with van der Waals surface area (Å²) in [4.78, 5) is 4.77. The van der Waals surface area contributed by atoms with Crippen LogP contribution in [0, 0.1) is 0 Å². The Balaban J connectivity index is 1.72. The van der Waals surface area contributed by atoms with Gasteiger partial charge in [-0.3, -0.25) is 4.40 Å². The van der Waals surface area contributed by atoms with Crippen LogP contribution in [0.4, 0.5) is 0 Å². The summed E-state index contributed by atoms with van der Waals surface area (Å²) < 4.78 is 10.7. The van der Waals surface area contributed by atoms with Crippen molar-refractivity contribution in [2.24, 2.45) is 21.1 Å². The number of aryl methyl sites for hydroxylation is 2. The van der Waals surface area contributed by atoms with Crippen LogP contribution in [-0.4, -0.2) is 18.6 Å². The first-order valence-electron chi connectivity index (χ1n) is 8.61. The Labute approximate surface area is 150 Å². The molecule has 0 N–H and O–H groups in total.